The molecule has 1 unspecified atom stereocenters. The highest BCUT2D eigenvalue weighted by Gasteiger charge is 2.32. The summed E-state index contributed by atoms with van der Waals surface area (Å²) in [6.07, 6.45) is 0. The van der Waals surface area contributed by atoms with Crippen molar-refractivity contribution in [2.24, 2.45) is 0 Å². The van der Waals surface area contributed by atoms with E-state index in [1.54, 1.807) is 41.2 Å². The molecular weight excluding hydrogens is 268 g/mol. The number of hydrogen-bond donors (Lipinski definition) is 1. The lowest BCUT2D eigenvalue weighted by Crippen LogP contribution is -2.44. The Morgan fingerprint density at radius 2 is 2.17 bits per heavy atom. The molecule has 1 aromatic carbocycles. The van der Waals surface area contributed by atoms with Gasteiger partial charge in [0.1, 0.15) is 0 Å². The maximum absolute atomic E-state index is 12.6. The van der Waals surface area contributed by atoms with Crippen LogP contribution in [0.25, 0.3) is 0 Å². The van der Waals surface area contributed by atoms with Crippen molar-refractivity contribution in [2.75, 3.05) is 23.8 Å². The molecule has 2 N–H and O–H groups in total. The van der Waals surface area contributed by atoms with E-state index < -0.39 is 10.0 Å². The number of benzene rings is 1. The van der Waals surface area contributed by atoms with E-state index >= 15 is 0 Å². The van der Waals surface area contributed by atoms with Gasteiger partial charge in [-0.15, -0.1) is 0 Å². The molecule has 1 atom stereocenters. The van der Waals surface area contributed by atoms with Gasteiger partial charge in [-0.1, -0.05) is 6.07 Å². The first-order chi connectivity index (χ1) is 8.44. The first kappa shape index (κ1) is 13.7. The second kappa shape index (κ2) is 5.11. The van der Waals surface area contributed by atoms with Gasteiger partial charge < -0.3 is 5.73 Å². The van der Waals surface area contributed by atoms with E-state index in [4.69, 9.17) is 5.73 Å². The first-order valence-corrected chi connectivity index (χ1v) is 8.48. The second-order valence-electron chi connectivity index (χ2n) is 4.51. The van der Waals surface area contributed by atoms with Crippen molar-refractivity contribution < 1.29 is 8.42 Å². The van der Waals surface area contributed by atoms with Crippen LogP contribution in [-0.2, 0) is 10.0 Å². The van der Waals surface area contributed by atoms with Crippen molar-refractivity contribution >= 4 is 27.5 Å². The summed E-state index contributed by atoms with van der Waals surface area (Å²) >= 11 is 1.79. The van der Waals surface area contributed by atoms with E-state index in [9.17, 15) is 8.42 Å². The number of nitrogens with two attached hydrogens (primary N) is 1. The Morgan fingerprint density at radius 1 is 1.44 bits per heavy atom. The van der Waals surface area contributed by atoms with Crippen molar-refractivity contribution in [3.63, 3.8) is 0 Å². The number of thioether (sulfide) groups is 1. The third-order valence-corrected chi connectivity index (χ3v) is 6.57. The van der Waals surface area contributed by atoms with Crippen LogP contribution in [0, 0.1) is 6.92 Å². The number of nitrogens with zero attached hydrogens (tertiary/aromatic N) is 1. The topological polar surface area (TPSA) is 63.4 Å². The van der Waals surface area contributed by atoms with Gasteiger partial charge in [-0.3, -0.25) is 0 Å². The lowest BCUT2D eigenvalue weighted by Gasteiger charge is -2.32. The minimum Gasteiger partial charge on any atom is -0.398 e. The molecule has 1 aliphatic rings. The Balaban J connectivity index is 2.44. The molecule has 4 nitrogen and oxygen atoms in total. The largest absolute Gasteiger partial charge is 0.398 e. The lowest BCUT2D eigenvalue weighted by molar-refractivity contribution is 0.367. The van der Waals surface area contributed by atoms with Crippen LogP contribution in [0.4, 0.5) is 5.69 Å². The minimum absolute atomic E-state index is 0.0366. The molecule has 0 aromatic heterocycles. The Hall–Kier alpha value is -0.720. The molecule has 0 aliphatic carbocycles. The molecule has 0 spiro atoms. The molecular formula is C12H18N2O2S2. The second-order valence-corrected chi connectivity index (χ2v) is 7.52. The van der Waals surface area contributed by atoms with Gasteiger partial charge in [0, 0.05) is 29.8 Å². The predicted molar refractivity (Wildman–Crippen MR) is 76.3 cm³/mol. The van der Waals surface area contributed by atoms with Crippen LogP contribution < -0.4 is 5.73 Å². The normalized spacial score (nSPS) is 22.0. The molecule has 0 saturated carbocycles. The van der Waals surface area contributed by atoms with Crippen LogP contribution in [0.3, 0.4) is 0 Å². The summed E-state index contributed by atoms with van der Waals surface area (Å²) < 4.78 is 26.9. The van der Waals surface area contributed by atoms with Crippen molar-refractivity contribution in [2.45, 2.75) is 24.8 Å². The van der Waals surface area contributed by atoms with Crippen molar-refractivity contribution in [1.82, 2.24) is 4.31 Å². The smallest absolute Gasteiger partial charge is 0.243 e. The number of hydrogen-bond acceptors (Lipinski definition) is 4. The van der Waals surface area contributed by atoms with E-state index in [0.717, 1.165) is 11.5 Å². The highest BCUT2D eigenvalue weighted by Crippen LogP contribution is 2.28. The third-order valence-electron chi connectivity index (χ3n) is 3.22. The number of nitrogen functional groups attached to an aromatic ring is 1. The van der Waals surface area contributed by atoms with E-state index in [-0.39, 0.29) is 6.04 Å². The van der Waals surface area contributed by atoms with Gasteiger partial charge in [-0.25, -0.2) is 8.42 Å². The quantitative estimate of drug-likeness (QED) is 0.841. The Bertz CT molecular complexity index is 543. The lowest BCUT2D eigenvalue weighted by atomic mass is 10.2. The molecule has 6 heteroatoms. The zero-order valence-corrected chi connectivity index (χ0v) is 12.2. The molecule has 0 bridgehead atoms. The van der Waals surface area contributed by atoms with E-state index in [1.165, 1.54) is 0 Å². The molecule has 1 saturated heterocycles. The first-order valence-electron chi connectivity index (χ1n) is 5.89. The van der Waals surface area contributed by atoms with Gasteiger partial charge in [0.15, 0.2) is 0 Å². The molecule has 1 fully saturated rings. The Kier molecular flexibility index (Phi) is 3.89. The standard InChI is InChI=1S/C12H18N2O2S2/c1-9-8-17-7-6-14(9)18(15,16)12-5-3-4-11(13)10(12)2/h3-5,9H,6-8,13H2,1-2H3. The van der Waals surface area contributed by atoms with Crippen LogP contribution in [-0.4, -0.2) is 36.8 Å². The molecule has 0 radical (unpaired) electrons. The van der Waals surface area contributed by atoms with E-state index in [2.05, 4.69) is 0 Å². The SMILES string of the molecule is Cc1c(N)cccc1S(=O)(=O)N1CCSCC1C. The van der Waals surface area contributed by atoms with Gasteiger partial charge in [-0.2, -0.15) is 16.1 Å². The molecule has 18 heavy (non-hydrogen) atoms. The predicted octanol–water partition coefficient (Wildman–Crippen LogP) is 1.70. The van der Waals surface area contributed by atoms with Crippen LogP contribution in [0.15, 0.2) is 23.1 Å². The molecule has 1 heterocycles. The summed E-state index contributed by atoms with van der Waals surface area (Å²) in [5, 5.41) is 0. The fourth-order valence-electron chi connectivity index (χ4n) is 2.11. The number of sulfonamides is 1. The van der Waals surface area contributed by atoms with Gasteiger partial charge in [-0.05, 0) is 31.5 Å². The maximum atomic E-state index is 12.6. The van der Waals surface area contributed by atoms with Crippen LogP contribution in [0.1, 0.15) is 12.5 Å². The summed E-state index contributed by atoms with van der Waals surface area (Å²) in [6.45, 7) is 4.28. The van der Waals surface area contributed by atoms with Crippen molar-refractivity contribution in [1.29, 1.82) is 0 Å². The Labute approximate surface area is 113 Å². The summed E-state index contributed by atoms with van der Waals surface area (Å²) in [5.41, 5.74) is 6.96. The molecule has 1 aromatic rings. The fourth-order valence-corrected chi connectivity index (χ4v) is 5.22. The number of anilines is 1. The zero-order valence-electron chi connectivity index (χ0n) is 10.6. The van der Waals surface area contributed by atoms with Crippen LogP contribution in [0.5, 0.6) is 0 Å². The summed E-state index contributed by atoms with van der Waals surface area (Å²) in [5.74, 6) is 1.70. The van der Waals surface area contributed by atoms with Crippen molar-refractivity contribution in [3.05, 3.63) is 23.8 Å². The average Bonchev–Trinajstić information content (AvgIpc) is 2.32. The summed E-state index contributed by atoms with van der Waals surface area (Å²) in [6, 6.07) is 5.09. The highest BCUT2D eigenvalue weighted by atomic mass is 32.2. The van der Waals surface area contributed by atoms with Crippen LogP contribution in [0.2, 0.25) is 0 Å². The van der Waals surface area contributed by atoms with E-state index in [1.807, 2.05) is 6.92 Å². The summed E-state index contributed by atoms with van der Waals surface area (Å²) in [4.78, 5) is 0.334. The highest BCUT2D eigenvalue weighted by molar-refractivity contribution is 7.99. The van der Waals surface area contributed by atoms with Gasteiger partial charge in [0.25, 0.3) is 0 Å². The monoisotopic (exact) mass is 286 g/mol. The minimum atomic E-state index is -3.42. The fraction of sp³-hybridized carbons (Fsp3) is 0.500. The Morgan fingerprint density at radius 3 is 2.83 bits per heavy atom. The molecule has 0 amide bonds. The molecule has 100 valence electrons. The number of rotatable bonds is 2. The van der Waals surface area contributed by atoms with Gasteiger partial charge in [0.2, 0.25) is 10.0 Å². The van der Waals surface area contributed by atoms with E-state index in [0.29, 0.717) is 22.7 Å². The van der Waals surface area contributed by atoms with Gasteiger partial charge in [0.05, 0.1) is 4.90 Å². The summed E-state index contributed by atoms with van der Waals surface area (Å²) in [7, 11) is -3.42. The zero-order chi connectivity index (χ0) is 13.3. The third kappa shape index (κ3) is 2.37. The average molecular weight is 286 g/mol. The molecule has 1 aliphatic heterocycles. The molecule has 2 rings (SSSR count). The van der Waals surface area contributed by atoms with Crippen molar-refractivity contribution in [3.8, 4) is 0 Å². The maximum Gasteiger partial charge on any atom is 0.243 e. The van der Waals surface area contributed by atoms with Gasteiger partial charge >= 0.3 is 0 Å². The van der Waals surface area contributed by atoms with Crippen LogP contribution >= 0.6 is 11.8 Å².